The molecule has 1 aromatic rings. The third-order valence-electron chi connectivity index (χ3n) is 2.38. The molecule has 1 saturated heterocycles. The van der Waals surface area contributed by atoms with Gasteiger partial charge in [0, 0.05) is 13.1 Å². The van der Waals surface area contributed by atoms with E-state index in [-0.39, 0.29) is 0 Å². The van der Waals surface area contributed by atoms with E-state index in [1.165, 1.54) is 0 Å². The number of rotatable bonds is 1. The topological polar surface area (TPSA) is 39.9 Å². The third kappa shape index (κ3) is 1.85. The first-order valence-electron chi connectivity index (χ1n) is 4.84. The predicted octanol–water partition coefficient (Wildman–Crippen LogP) is 1.76. The van der Waals surface area contributed by atoms with Gasteiger partial charge in [0.2, 0.25) is 0 Å². The number of pyridine rings is 1. The van der Waals surface area contributed by atoms with Crippen molar-refractivity contribution in [2.45, 2.75) is 12.8 Å². The smallest absolute Gasteiger partial charge is 0.142 e. The van der Waals surface area contributed by atoms with Crippen molar-refractivity contribution in [1.82, 2.24) is 4.98 Å². The van der Waals surface area contributed by atoms with Crippen molar-refractivity contribution in [3.63, 3.8) is 0 Å². The molecule has 0 unspecified atom stereocenters. The summed E-state index contributed by atoms with van der Waals surface area (Å²) in [5, 5.41) is 8.72. The van der Waals surface area contributed by atoms with Crippen molar-refractivity contribution in [3.8, 4) is 6.07 Å². The maximum atomic E-state index is 8.72. The van der Waals surface area contributed by atoms with E-state index in [9.17, 15) is 0 Å². The molecule has 0 aliphatic carbocycles. The monoisotopic (exact) mass is 186 g/mol. The fourth-order valence-electron chi connectivity index (χ4n) is 1.64. The standard InChI is InChI=1S/C11H12N3/c12-9-10-5-4-6-11(13-10)14-7-2-1-3-8-14/h1,4-6H,2-3,7-8H2. The van der Waals surface area contributed by atoms with Gasteiger partial charge in [0.15, 0.2) is 0 Å². The molecule has 0 amide bonds. The van der Waals surface area contributed by atoms with Crippen LogP contribution in [0.15, 0.2) is 18.2 Å². The molecule has 0 atom stereocenters. The molecule has 2 rings (SSSR count). The highest BCUT2D eigenvalue weighted by molar-refractivity contribution is 5.42. The van der Waals surface area contributed by atoms with Crippen LogP contribution in [0.2, 0.25) is 0 Å². The molecular weight excluding hydrogens is 174 g/mol. The molecule has 1 aliphatic rings. The highest BCUT2D eigenvalue weighted by atomic mass is 15.2. The average Bonchev–Trinajstić information content (AvgIpc) is 2.30. The first-order valence-corrected chi connectivity index (χ1v) is 4.84. The van der Waals surface area contributed by atoms with Gasteiger partial charge in [0.25, 0.3) is 0 Å². The van der Waals surface area contributed by atoms with Crippen LogP contribution in [0.3, 0.4) is 0 Å². The number of hydrogen-bond acceptors (Lipinski definition) is 3. The Balaban J connectivity index is 2.18. The molecule has 3 nitrogen and oxygen atoms in total. The van der Waals surface area contributed by atoms with Gasteiger partial charge in [-0.2, -0.15) is 5.26 Å². The average molecular weight is 186 g/mol. The summed E-state index contributed by atoms with van der Waals surface area (Å²) in [6, 6.07) is 7.65. The molecule has 1 aromatic heterocycles. The van der Waals surface area contributed by atoms with Crippen molar-refractivity contribution in [1.29, 1.82) is 5.26 Å². The molecule has 3 heteroatoms. The molecular formula is C11H12N3. The first-order chi connectivity index (χ1) is 6.90. The number of nitrogens with zero attached hydrogens (tertiary/aromatic N) is 3. The molecule has 0 spiro atoms. The lowest BCUT2D eigenvalue weighted by Gasteiger charge is -2.27. The van der Waals surface area contributed by atoms with Crippen LogP contribution in [0.4, 0.5) is 5.82 Å². The largest absolute Gasteiger partial charge is 0.357 e. The molecule has 0 N–H and O–H groups in total. The third-order valence-corrected chi connectivity index (χ3v) is 2.38. The minimum Gasteiger partial charge on any atom is -0.357 e. The summed E-state index contributed by atoms with van der Waals surface area (Å²) in [7, 11) is 0. The van der Waals surface area contributed by atoms with E-state index < -0.39 is 0 Å². The first kappa shape index (κ1) is 9.01. The Hall–Kier alpha value is -1.56. The van der Waals surface area contributed by atoms with E-state index in [1.807, 2.05) is 12.1 Å². The number of piperidine rings is 1. The fraction of sp³-hybridized carbons (Fsp3) is 0.364. The summed E-state index contributed by atoms with van der Waals surface area (Å²) in [6.45, 7) is 2.03. The maximum absolute atomic E-state index is 8.72. The van der Waals surface area contributed by atoms with Gasteiger partial charge in [-0.1, -0.05) is 6.07 Å². The highest BCUT2D eigenvalue weighted by Gasteiger charge is 2.11. The van der Waals surface area contributed by atoms with E-state index in [2.05, 4.69) is 22.4 Å². The zero-order valence-corrected chi connectivity index (χ0v) is 7.98. The molecule has 0 aromatic carbocycles. The Morgan fingerprint density at radius 1 is 1.29 bits per heavy atom. The Bertz CT molecular complexity index is 348. The normalized spacial score (nSPS) is 16.4. The van der Waals surface area contributed by atoms with Crippen molar-refractivity contribution in [2.75, 3.05) is 18.0 Å². The van der Waals surface area contributed by atoms with Crippen molar-refractivity contribution in [3.05, 3.63) is 30.3 Å². The zero-order valence-electron chi connectivity index (χ0n) is 7.98. The number of anilines is 1. The second-order valence-corrected chi connectivity index (χ2v) is 3.35. The SMILES string of the molecule is N#Cc1cccc(N2CC[CH]CC2)n1. The van der Waals surface area contributed by atoms with Crippen molar-refractivity contribution >= 4 is 5.82 Å². The van der Waals surface area contributed by atoms with Crippen LogP contribution < -0.4 is 4.90 Å². The van der Waals surface area contributed by atoms with Gasteiger partial charge in [-0.25, -0.2) is 4.98 Å². The minimum atomic E-state index is 0.497. The van der Waals surface area contributed by atoms with Crippen LogP contribution >= 0.6 is 0 Å². The summed E-state index contributed by atoms with van der Waals surface area (Å²) in [4.78, 5) is 6.49. The van der Waals surface area contributed by atoms with E-state index >= 15 is 0 Å². The molecule has 0 bridgehead atoms. The van der Waals surface area contributed by atoms with Crippen molar-refractivity contribution in [2.24, 2.45) is 0 Å². The van der Waals surface area contributed by atoms with Gasteiger partial charge >= 0.3 is 0 Å². The van der Waals surface area contributed by atoms with Crippen LogP contribution in [0.5, 0.6) is 0 Å². The van der Waals surface area contributed by atoms with E-state index in [1.54, 1.807) is 6.07 Å². The number of nitriles is 1. The fourth-order valence-corrected chi connectivity index (χ4v) is 1.64. The van der Waals surface area contributed by atoms with Gasteiger partial charge in [-0.05, 0) is 31.4 Å². The van der Waals surface area contributed by atoms with Crippen molar-refractivity contribution < 1.29 is 0 Å². The second-order valence-electron chi connectivity index (χ2n) is 3.35. The predicted molar refractivity (Wildman–Crippen MR) is 54.7 cm³/mol. The molecule has 14 heavy (non-hydrogen) atoms. The zero-order chi connectivity index (χ0) is 9.80. The quantitative estimate of drug-likeness (QED) is 0.671. The van der Waals surface area contributed by atoms with Gasteiger partial charge in [0.1, 0.15) is 17.6 Å². The summed E-state index contributed by atoms with van der Waals surface area (Å²) in [5.74, 6) is 0.928. The number of hydrogen-bond donors (Lipinski definition) is 0. The summed E-state index contributed by atoms with van der Waals surface area (Å²) in [5.41, 5.74) is 0.497. The molecule has 1 aliphatic heterocycles. The van der Waals surface area contributed by atoms with E-state index in [0.717, 1.165) is 31.7 Å². The Kier molecular flexibility index (Phi) is 2.64. The van der Waals surface area contributed by atoms with Gasteiger partial charge in [-0.3, -0.25) is 0 Å². The molecule has 1 radical (unpaired) electrons. The molecule has 0 saturated carbocycles. The summed E-state index contributed by atoms with van der Waals surface area (Å²) in [6.07, 6.45) is 4.52. The Morgan fingerprint density at radius 2 is 2.07 bits per heavy atom. The minimum absolute atomic E-state index is 0.497. The van der Waals surface area contributed by atoms with Crippen LogP contribution in [-0.2, 0) is 0 Å². The maximum Gasteiger partial charge on any atom is 0.142 e. The van der Waals surface area contributed by atoms with Gasteiger partial charge in [0.05, 0.1) is 0 Å². The number of aromatic nitrogens is 1. The summed E-state index contributed by atoms with van der Waals surface area (Å²) < 4.78 is 0. The van der Waals surface area contributed by atoms with Crippen LogP contribution in [0.1, 0.15) is 18.5 Å². The van der Waals surface area contributed by atoms with E-state index in [4.69, 9.17) is 5.26 Å². The van der Waals surface area contributed by atoms with Gasteiger partial charge < -0.3 is 4.90 Å². The lowest BCUT2D eigenvalue weighted by molar-refractivity contribution is 0.671. The Morgan fingerprint density at radius 3 is 2.79 bits per heavy atom. The molecule has 2 heterocycles. The van der Waals surface area contributed by atoms with Crippen LogP contribution in [0, 0.1) is 17.8 Å². The highest BCUT2D eigenvalue weighted by Crippen LogP contribution is 2.16. The van der Waals surface area contributed by atoms with Gasteiger partial charge in [-0.15, -0.1) is 0 Å². The lowest BCUT2D eigenvalue weighted by Crippen LogP contribution is -2.30. The van der Waals surface area contributed by atoms with Crippen LogP contribution in [0.25, 0.3) is 0 Å². The molecule has 71 valence electrons. The lowest BCUT2D eigenvalue weighted by atomic mass is 10.1. The Labute approximate surface area is 84.0 Å². The second kappa shape index (κ2) is 4.10. The van der Waals surface area contributed by atoms with Crippen LogP contribution in [-0.4, -0.2) is 18.1 Å². The van der Waals surface area contributed by atoms with E-state index in [0.29, 0.717) is 5.69 Å². The summed E-state index contributed by atoms with van der Waals surface area (Å²) >= 11 is 0. The molecule has 1 fully saturated rings.